The van der Waals surface area contributed by atoms with Gasteiger partial charge in [-0.15, -0.1) is 0 Å². The van der Waals surface area contributed by atoms with E-state index in [2.05, 4.69) is 5.32 Å². The number of carbonyl (C=O) groups excluding carboxylic acids is 2. The first-order valence-electron chi connectivity index (χ1n) is 8.26. The van der Waals surface area contributed by atoms with E-state index in [-0.39, 0.29) is 10.7 Å². The van der Waals surface area contributed by atoms with Gasteiger partial charge in [-0.05, 0) is 48.6 Å². The molecule has 0 unspecified atom stereocenters. The van der Waals surface area contributed by atoms with Crippen LogP contribution >= 0.6 is 12.2 Å². The third-order valence-corrected chi connectivity index (χ3v) is 4.45. The minimum absolute atomic E-state index is 0.00919. The van der Waals surface area contributed by atoms with E-state index in [1.807, 2.05) is 0 Å². The molecule has 8 heteroatoms. The summed E-state index contributed by atoms with van der Waals surface area (Å²) < 4.78 is 15.8. The molecule has 1 heterocycles. The van der Waals surface area contributed by atoms with Gasteiger partial charge < -0.3 is 14.2 Å². The molecule has 0 saturated carbocycles. The first-order chi connectivity index (χ1) is 13.5. The highest BCUT2D eigenvalue weighted by molar-refractivity contribution is 7.80. The van der Waals surface area contributed by atoms with E-state index in [9.17, 15) is 9.59 Å². The summed E-state index contributed by atoms with van der Waals surface area (Å²) in [6.07, 6.45) is 1.46. The fraction of sp³-hybridized carbons (Fsp3) is 0.150. The molecule has 0 aromatic heterocycles. The standard InChI is InChI=1S/C20H18N2O5S/c1-25-14-9-7-13(8-10-14)22-19(24)15(18(23)21-20(22)28)11-12-5-4-6-16(26-2)17(12)27-3/h4-11H,1-3H3,(H,21,23,28)/b15-11+. The van der Waals surface area contributed by atoms with Crippen LogP contribution in [0.15, 0.2) is 48.0 Å². The van der Waals surface area contributed by atoms with E-state index in [0.29, 0.717) is 28.5 Å². The van der Waals surface area contributed by atoms with Crippen molar-refractivity contribution in [3.63, 3.8) is 0 Å². The number of methoxy groups -OCH3 is 3. The second-order valence-electron chi connectivity index (χ2n) is 5.74. The first-order valence-corrected chi connectivity index (χ1v) is 8.67. The predicted octanol–water partition coefficient (Wildman–Crippen LogP) is 2.54. The second-order valence-corrected chi connectivity index (χ2v) is 6.13. The SMILES string of the molecule is COc1ccc(N2C(=O)/C(=C/c3cccc(OC)c3OC)C(=O)NC2=S)cc1. The second kappa shape index (κ2) is 8.10. The van der Waals surface area contributed by atoms with Crippen molar-refractivity contribution in [2.75, 3.05) is 26.2 Å². The van der Waals surface area contributed by atoms with E-state index >= 15 is 0 Å². The lowest BCUT2D eigenvalue weighted by atomic mass is 10.1. The van der Waals surface area contributed by atoms with E-state index in [1.54, 1.807) is 49.6 Å². The first kappa shape index (κ1) is 19.4. The maximum atomic E-state index is 13.1. The Kier molecular flexibility index (Phi) is 5.60. The van der Waals surface area contributed by atoms with Gasteiger partial charge in [0, 0.05) is 5.56 Å². The molecule has 0 radical (unpaired) electrons. The highest BCUT2D eigenvalue weighted by Crippen LogP contribution is 2.33. The van der Waals surface area contributed by atoms with Crippen LogP contribution < -0.4 is 24.4 Å². The summed E-state index contributed by atoms with van der Waals surface area (Å²) >= 11 is 5.20. The number of thiocarbonyl (C=S) groups is 1. The summed E-state index contributed by atoms with van der Waals surface area (Å²) in [7, 11) is 4.55. The molecule has 28 heavy (non-hydrogen) atoms. The van der Waals surface area contributed by atoms with Crippen LogP contribution in [-0.4, -0.2) is 38.3 Å². The van der Waals surface area contributed by atoms with Crippen molar-refractivity contribution < 1.29 is 23.8 Å². The van der Waals surface area contributed by atoms with E-state index in [0.717, 1.165) is 0 Å². The van der Waals surface area contributed by atoms with Crippen LogP contribution in [0, 0.1) is 0 Å². The molecule has 7 nitrogen and oxygen atoms in total. The van der Waals surface area contributed by atoms with Crippen molar-refractivity contribution >= 4 is 40.9 Å². The highest BCUT2D eigenvalue weighted by Gasteiger charge is 2.34. The van der Waals surface area contributed by atoms with Crippen molar-refractivity contribution in [2.24, 2.45) is 0 Å². The largest absolute Gasteiger partial charge is 0.497 e. The molecule has 0 spiro atoms. The van der Waals surface area contributed by atoms with Gasteiger partial charge in [0.05, 0.1) is 27.0 Å². The van der Waals surface area contributed by atoms with E-state index in [1.165, 1.54) is 25.2 Å². The van der Waals surface area contributed by atoms with Crippen molar-refractivity contribution in [1.82, 2.24) is 5.32 Å². The zero-order chi connectivity index (χ0) is 20.3. The lowest BCUT2D eigenvalue weighted by Gasteiger charge is -2.29. The molecule has 1 aliphatic rings. The lowest BCUT2D eigenvalue weighted by molar-refractivity contribution is -0.122. The molecule has 2 aromatic carbocycles. The highest BCUT2D eigenvalue weighted by atomic mass is 32.1. The Bertz CT molecular complexity index is 969. The third-order valence-electron chi connectivity index (χ3n) is 4.17. The number of anilines is 1. The van der Waals surface area contributed by atoms with Gasteiger partial charge >= 0.3 is 0 Å². The minimum Gasteiger partial charge on any atom is -0.497 e. The smallest absolute Gasteiger partial charge is 0.270 e. The topological polar surface area (TPSA) is 77.1 Å². The van der Waals surface area contributed by atoms with Crippen LogP contribution in [0.2, 0.25) is 0 Å². The van der Waals surface area contributed by atoms with E-state index in [4.69, 9.17) is 26.4 Å². The van der Waals surface area contributed by atoms with Gasteiger partial charge in [0.1, 0.15) is 11.3 Å². The number of benzene rings is 2. The van der Waals surface area contributed by atoms with Crippen LogP contribution in [0.4, 0.5) is 5.69 Å². The number of ether oxygens (including phenoxy) is 3. The summed E-state index contributed by atoms with van der Waals surface area (Å²) in [6.45, 7) is 0. The number of nitrogens with one attached hydrogen (secondary N) is 1. The van der Waals surface area contributed by atoms with Gasteiger partial charge in [0.2, 0.25) is 0 Å². The maximum absolute atomic E-state index is 13.1. The predicted molar refractivity (Wildman–Crippen MR) is 109 cm³/mol. The average Bonchev–Trinajstić information content (AvgIpc) is 2.71. The zero-order valence-corrected chi connectivity index (χ0v) is 16.3. The number of hydrogen-bond donors (Lipinski definition) is 1. The molecule has 2 aromatic rings. The van der Waals surface area contributed by atoms with Gasteiger partial charge in [0.15, 0.2) is 16.6 Å². The lowest BCUT2D eigenvalue weighted by Crippen LogP contribution is -2.54. The molecule has 3 rings (SSSR count). The van der Waals surface area contributed by atoms with Crippen LogP contribution in [0.3, 0.4) is 0 Å². The number of rotatable bonds is 5. The summed E-state index contributed by atoms with van der Waals surface area (Å²) in [4.78, 5) is 26.8. The van der Waals surface area contributed by atoms with Crippen LogP contribution in [0.5, 0.6) is 17.2 Å². The quantitative estimate of drug-likeness (QED) is 0.474. The number of para-hydroxylation sites is 1. The molecule has 1 fully saturated rings. The number of carbonyl (C=O) groups is 2. The Morgan fingerprint density at radius 2 is 1.68 bits per heavy atom. The van der Waals surface area contributed by atoms with Gasteiger partial charge in [-0.25, -0.2) is 0 Å². The number of nitrogens with zero attached hydrogens (tertiary/aromatic N) is 1. The Morgan fingerprint density at radius 1 is 0.964 bits per heavy atom. The maximum Gasteiger partial charge on any atom is 0.270 e. The summed E-state index contributed by atoms with van der Waals surface area (Å²) in [5.41, 5.74) is 0.970. The molecular weight excluding hydrogens is 380 g/mol. The molecule has 0 bridgehead atoms. The van der Waals surface area contributed by atoms with Crippen molar-refractivity contribution in [2.45, 2.75) is 0 Å². The molecular formula is C20H18N2O5S. The Hall–Kier alpha value is -3.39. The molecule has 1 aliphatic heterocycles. The zero-order valence-electron chi connectivity index (χ0n) is 15.5. The van der Waals surface area contributed by atoms with Crippen LogP contribution in [0.1, 0.15) is 5.56 Å². The Labute approximate surface area is 167 Å². The Morgan fingerprint density at radius 3 is 2.29 bits per heavy atom. The monoisotopic (exact) mass is 398 g/mol. The van der Waals surface area contributed by atoms with E-state index < -0.39 is 11.8 Å². The molecule has 0 atom stereocenters. The third kappa shape index (κ3) is 3.54. The minimum atomic E-state index is -0.579. The molecule has 1 N–H and O–H groups in total. The van der Waals surface area contributed by atoms with Gasteiger partial charge in [0.25, 0.3) is 11.8 Å². The molecule has 144 valence electrons. The fourth-order valence-electron chi connectivity index (χ4n) is 2.80. The Balaban J connectivity index is 2.04. The van der Waals surface area contributed by atoms with Gasteiger partial charge in [-0.3, -0.25) is 19.8 Å². The average molecular weight is 398 g/mol. The molecule has 0 aliphatic carbocycles. The van der Waals surface area contributed by atoms with Crippen molar-refractivity contribution in [3.8, 4) is 17.2 Å². The summed E-state index contributed by atoms with van der Waals surface area (Å²) in [6, 6.07) is 12.0. The van der Waals surface area contributed by atoms with Crippen molar-refractivity contribution in [3.05, 3.63) is 53.6 Å². The van der Waals surface area contributed by atoms with Crippen molar-refractivity contribution in [1.29, 1.82) is 0 Å². The molecule has 2 amide bonds. The van der Waals surface area contributed by atoms with Gasteiger partial charge in [-0.2, -0.15) is 0 Å². The van der Waals surface area contributed by atoms with Crippen LogP contribution in [-0.2, 0) is 9.59 Å². The normalized spacial score (nSPS) is 15.5. The summed E-state index contributed by atoms with van der Waals surface area (Å²) in [5, 5.41) is 2.56. The van der Waals surface area contributed by atoms with Gasteiger partial charge in [-0.1, -0.05) is 12.1 Å². The fourth-order valence-corrected chi connectivity index (χ4v) is 3.09. The number of amides is 2. The number of hydrogen-bond acceptors (Lipinski definition) is 6. The molecule has 1 saturated heterocycles. The van der Waals surface area contributed by atoms with Crippen LogP contribution in [0.25, 0.3) is 6.08 Å². The summed E-state index contributed by atoms with van der Waals surface area (Å²) in [5.74, 6) is 0.429.